The zero-order valence-corrected chi connectivity index (χ0v) is 54.1. The van der Waals surface area contributed by atoms with Gasteiger partial charge >= 0.3 is 13.8 Å². The highest BCUT2D eigenvalue weighted by Gasteiger charge is 2.30. The van der Waals surface area contributed by atoms with Crippen molar-refractivity contribution < 1.29 is 37.3 Å². The van der Waals surface area contributed by atoms with Gasteiger partial charge in [-0.15, -0.1) is 0 Å². The van der Waals surface area contributed by atoms with E-state index in [2.05, 4.69) is 123 Å². The van der Waals surface area contributed by atoms with Crippen LogP contribution in [0, 0.1) is 0 Å². The molecule has 0 aromatic rings. The molecule has 0 aliphatic heterocycles. The molecule has 0 bridgehead atoms. The molecule has 466 valence electrons. The molecule has 2 N–H and O–H groups in total. The molecule has 1 amide bonds. The molecule has 10 heteroatoms. The minimum absolute atomic E-state index is 0.0313. The topological polar surface area (TPSA) is 111 Å². The maximum atomic E-state index is 13.6. The first-order chi connectivity index (χ1) is 39.4. The Hall–Kier alpha value is -3.33. The van der Waals surface area contributed by atoms with Gasteiger partial charge in [0, 0.05) is 12.8 Å². The molecule has 0 aromatic heterocycles. The maximum Gasteiger partial charge on any atom is 0.472 e. The van der Waals surface area contributed by atoms with Crippen LogP contribution in [0.25, 0.3) is 0 Å². The summed E-state index contributed by atoms with van der Waals surface area (Å²) in [4.78, 5) is 37.8. The van der Waals surface area contributed by atoms with Gasteiger partial charge in [0.05, 0.1) is 33.8 Å². The van der Waals surface area contributed by atoms with Crippen molar-refractivity contribution in [3.05, 3.63) is 109 Å². The normalized spacial score (nSPS) is 14.3. The lowest BCUT2D eigenvalue weighted by molar-refractivity contribution is -0.870. The molecule has 3 unspecified atom stereocenters. The minimum atomic E-state index is -4.46. The van der Waals surface area contributed by atoms with Crippen molar-refractivity contribution in [1.82, 2.24) is 5.32 Å². The third kappa shape index (κ3) is 61.1. The number of allylic oxidation sites excluding steroid dienone is 17. The fourth-order valence-electron chi connectivity index (χ4n) is 9.09. The van der Waals surface area contributed by atoms with E-state index < -0.39 is 20.0 Å². The summed E-state index contributed by atoms with van der Waals surface area (Å²) in [6.07, 6.45) is 82.3. The summed E-state index contributed by atoms with van der Waals surface area (Å²) < 4.78 is 30.7. The van der Waals surface area contributed by atoms with Crippen molar-refractivity contribution in [2.24, 2.45) is 0 Å². The molecule has 0 heterocycles. The number of hydrogen-bond donors (Lipinski definition) is 2. The average Bonchev–Trinajstić information content (AvgIpc) is 3.43. The predicted molar refractivity (Wildman–Crippen MR) is 350 cm³/mol. The standard InChI is InChI=1S/C71H125N2O7P/c1-7-10-13-16-19-22-25-27-29-31-33-35-36-38-39-41-43-45-48-51-54-57-60-63-70(74)72-68(67-79-81(76,77)78-66-65-73(4,5)6)69(62-59-56-53-50-47-24-21-18-15-12-9-3)80-71(75)64-61-58-55-52-49-46-44-42-40-37-34-32-30-28-26-23-20-17-14-11-8-2/h10,13,19-20,22-23,27-30,33-35,37-39,59,62,68-69H,7-9,11-12,14-18,21,24-26,31-32,36,40-58,60-61,63-67H2,1-6H3,(H-,72,74,76,77)/p+1/b13-10-,22-19-,23-20-,29-27-,30-28-,35-33-,37-34-,39-38-,62-59+. The van der Waals surface area contributed by atoms with Crippen LogP contribution in [0.15, 0.2) is 109 Å². The fraction of sp³-hybridized carbons (Fsp3) is 0.718. The second-order valence-electron chi connectivity index (χ2n) is 23.3. The summed E-state index contributed by atoms with van der Waals surface area (Å²) in [6.45, 7) is 6.85. The highest BCUT2D eigenvalue weighted by Crippen LogP contribution is 2.43. The van der Waals surface area contributed by atoms with E-state index in [1.807, 2.05) is 33.3 Å². The molecular formula is C71H126N2O7P+. The number of phosphoric ester groups is 1. The van der Waals surface area contributed by atoms with Crippen LogP contribution in [-0.4, -0.2) is 74.3 Å². The Morgan fingerprint density at radius 3 is 1.21 bits per heavy atom. The summed E-state index contributed by atoms with van der Waals surface area (Å²) in [5.41, 5.74) is 0. The van der Waals surface area contributed by atoms with Gasteiger partial charge in [0.15, 0.2) is 0 Å². The number of phosphoric acid groups is 1. The van der Waals surface area contributed by atoms with Gasteiger partial charge in [0.2, 0.25) is 5.91 Å². The van der Waals surface area contributed by atoms with Crippen molar-refractivity contribution in [2.45, 2.75) is 290 Å². The SMILES string of the molecule is CC/C=C\C/C=C\C/C=C\C/C=C\C/C=C\CCCCCCCCCC(=O)NC(COP(=O)(O)OCC[N+](C)(C)C)C(/C=C/CCCCCCCCCCC)OC(=O)CCCCCCCCCC/C=C\C/C=C\C/C=C\CCCCC. The molecule has 0 aliphatic rings. The van der Waals surface area contributed by atoms with Crippen LogP contribution in [-0.2, 0) is 27.9 Å². The van der Waals surface area contributed by atoms with Crippen molar-refractivity contribution in [2.75, 3.05) is 40.9 Å². The van der Waals surface area contributed by atoms with E-state index in [1.165, 1.54) is 116 Å². The first kappa shape index (κ1) is 77.7. The van der Waals surface area contributed by atoms with Gasteiger partial charge in [-0.05, 0) is 115 Å². The van der Waals surface area contributed by atoms with Crippen LogP contribution in [0.2, 0.25) is 0 Å². The Kier molecular flexibility index (Phi) is 57.4. The van der Waals surface area contributed by atoms with E-state index in [-0.39, 0.29) is 31.5 Å². The average molecular weight is 1150 g/mol. The van der Waals surface area contributed by atoms with Gasteiger partial charge in [-0.1, -0.05) is 259 Å². The van der Waals surface area contributed by atoms with E-state index in [4.69, 9.17) is 13.8 Å². The number of hydrogen-bond acceptors (Lipinski definition) is 6. The van der Waals surface area contributed by atoms with Crippen LogP contribution in [0.5, 0.6) is 0 Å². The zero-order chi connectivity index (χ0) is 59.3. The third-order valence-corrected chi connectivity index (χ3v) is 15.2. The second kappa shape index (κ2) is 59.8. The van der Waals surface area contributed by atoms with Crippen molar-refractivity contribution in [3.8, 4) is 0 Å². The number of amides is 1. The Morgan fingerprint density at radius 2 is 0.790 bits per heavy atom. The lowest BCUT2D eigenvalue weighted by Crippen LogP contribution is -2.47. The molecule has 0 saturated heterocycles. The van der Waals surface area contributed by atoms with E-state index in [1.54, 1.807) is 0 Å². The van der Waals surface area contributed by atoms with Crippen molar-refractivity contribution in [1.29, 1.82) is 0 Å². The number of likely N-dealkylation sites (N-methyl/N-ethyl adjacent to an activating group) is 1. The number of ether oxygens (including phenoxy) is 1. The summed E-state index contributed by atoms with van der Waals surface area (Å²) in [5.74, 6) is -0.529. The quantitative estimate of drug-likeness (QED) is 0.0205. The summed E-state index contributed by atoms with van der Waals surface area (Å²) >= 11 is 0. The molecule has 0 spiro atoms. The molecule has 9 nitrogen and oxygen atoms in total. The minimum Gasteiger partial charge on any atom is -0.456 e. The molecule has 0 aliphatic carbocycles. The fourth-order valence-corrected chi connectivity index (χ4v) is 9.83. The highest BCUT2D eigenvalue weighted by atomic mass is 31.2. The number of rotatable bonds is 59. The monoisotopic (exact) mass is 1150 g/mol. The predicted octanol–water partition coefficient (Wildman–Crippen LogP) is 20.9. The molecular weight excluding hydrogens is 1020 g/mol. The molecule has 0 radical (unpaired) electrons. The lowest BCUT2D eigenvalue weighted by atomic mass is 10.1. The number of carbonyl (C=O) groups is 2. The molecule has 3 atom stereocenters. The van der Waals surface area contributed by atoms with Crippen LogP contribution >= 0.6 is 7.82 Å². The van der Waals surface area contributed by atoms with Gasteiger partial charge in [-0.25, -0.2) is 4.57 Å². The van der Waals surface area contributed by atoms with Gasteiger partial charge in [-0.2, -0.15) is 0 Å². The van der Waals surface area contributed by atoms with Gasteiger partial charge in [0.1, 0.15) is 19.3 Å². The molecule has 0 fully saturated rings. The summed E-state index contributed by atoms with van der Waals surface area (Å²) in [7, 11) is 1.47. The van der Waals surface area contributed by atoms with E-state index in [0.29, 0.717) is 17.4 Å². The van der Waals surface area contributed by atoms with Gasteiger partial charge in [0.25, 0.3) is 0 Å². The first-order valence-electron chi connectivity index (χ1n) is 33.2. The van der Waals surface area contributed by atoms with Crippen molar-refractivity contribution in [3.63, 3.8) is 0 Å². The van der Waals surface area contributed by atoms with E-state index >= 15 is 0 Å². The summed E-state index contributed by atoms with van der Waals surface area (Å²) in [5, 5.41) is 3.05. The highest BCUT2D eigenvalue weighted by molar-refractivity contribution is 7.47. The number of nitrogens with one attached hydrogen (secondary N) is 1. The maximum absolute atomic E-state index is 13.6. The Bertz CT molecular complexity index is 1750. The van der Waals surface area contributed by atoms with Crippen LogP contribution < -0.4 is 5.32 Å². The first-order valence-corrected chi connectivity index (χ1v) is 34.7. The summed E-state index contributed by atoms with van der Waals surface area (Å²) in [6, 6.07) is -0.865. The number of unbranched alkanes of at least 4 members (excludes halogenated alkanes) is 27. The number of quaternary nitrogens is 1. The second-order valence-corrected chi connectivity index (χ2v) is 24.7. The number of nitrogens with zero attached hydrogens (tertiary/aromatic N) is 1. The Morgan fingerprint density at radius 1 is 0.444 bits per heavy atom. The largest absolute Gasteiger partial charge is 0.472 e. The number of esters is 1. The smallest absolute Gasteiger partial charge is 0.456 e. The molecule has 81 heavy (non-hydrogen) atoms. The van der Waals surface area contributed by atoms with Gasteiger partial charge < -0.3 is 19.4 Å². The molecule has 0 aromatic carbocycles. The molecule has 0 rings (SSSR count). The van der Waals surface area contributed by atoms with E-state index in [9.17, 15) is 19.0 Å². The number of carbonyl (C=O) groups excluding carboxylic acids is 2. The van der Waals surface area contributed by atoms with Crippen LogP contribution in [0.1, 0.15) is 278 Å². The molecule has 0 saturated carbocycles. The van der Waals surface area contributed by atoms with Gasteiger partial charge in [-0.3, -0.25) is 18.6 Å². The Labute approximate surface area is 500 Å². The van der Waals surface area contributed by atoms with Crippen LogP contribution in [0.3, 0.4) is 0 Å². The Balaban J connectivity index is 5.17. The van der Waals surface area contributed by atoms with Crippen LogP contribution in [0.4, 0.5) is 0 Å². The zero-order valence-electron chi connectivity index (χ0n) is 53.2. The lowest BCUT2D eigenvalue weighted by Gasteiger charge is -2.27. The van der Waals surface area contributed by atoms with Crippen molar-refractivity contribution >= 4 is 19.7 Å². The van der Waals surface area contributed by atoms with E-state index in [0.717, 1.165) is 128 Å². The third-order valence-electron chi connectivity index (χ3n) is 14.2.